The maximum absolute atomic E-state index is 10.2. The van der Waals surface area contributed by atoms with Crippen LogP contribution >= 0.6 is 0 Å². The van der Waals surface area contributed by atoms with E-state index in [-0.39, 0.29) is 5.75 Å². The van der Waals surface area contributed by atoms with Gasteiger partial charge < -0.3 is 14.9 Å². The third kappa shape index (κ3) is 4.34. The highest BCUT2D eigenvalue weighted by molar-refractivity contribution is 5.65. The predicted octanol–water partition coefficient (Wildman–Crippen LogP) is 3.89. The number of hydrogen-bond donors (Lipinski definition) is 2. The first-order valence-electron chi connectivity index (χ1n) is 9.51. The topological polar surface area (TPSA) is 84.1 Å². The number of rotatable bonds is 5. The Morgan fingerprint density at radius 1 is 1.19 bits per heavy atom. The van der Waals surface area contributed by atoms with Gasteiger partial charge in [-0.25, -0.2) is 0 Å². The van der Waals surface area contributed by atoms with Crippen LogP contribution in [-0.4, -0.2) is 32.8 Å². The lowest BCUT2D eigenvalue weighted by Crippen LogP contribution is -2.34. The molecule has 3 heterocycles. The van der Waals surface area contributed by atoms with Crippen molar-refractivity contribution in [1.82, 2.24) is 20.4 Å². The fourth-order valence-corrected chi connectivity index (χ4v) is 3.58. The molecule has 0 unspecified atom stereocenters. The first kappa shape index (κ1) is 17.7. The smallest absolute Gasteiger partial charge is 0.259 e. The molecule has 6 heteroatoms. The molecule has 0 radical (unpaired) electrons. The SMILES string of the molecule is Cc1noc(-c2ccc(-c3cc(O)cc(CC[C@H]4CCCCN4)c3)nc2)n1. The summed E-state index contributed by atoms with van der Waals surface area (Å²) >= 11 is 0. The molecule has 0 saturated carbocycles. The first-order valence-corrected chi connectivity index (χ1v) is 9.51. The Morgan fingerprint density at radius 2 is 2.11 bits per heavy atom. The summed E-state index contributed by atoms with van der Waals surface area (Å²) in [5, 5.41) is 17.5. The van der Waals surface area contributed by atoms with Crippen LogP contribution in [0.25, 0.3) is 22.7 Å². The number of nitrogens with zero attached hydrogens (tertiary/aromatic N) is 3. The molecule has 27 heavy (non-hydrogen) atoms. The van der Waals surface area contributed by atoms with E-state index in [0.29, 0.717) is 17.8 Å². The zero-order chi connectivity index (χ0) is 18.6. The molecule has 1 atom stereocenters. The fourth-order valence-electron chi connectivity index (χ4n) is 3.58. The van der Waals surface area contributed by atoms with Crippen LogP contribution in [0.2, 0.25) is 0 Å². The molecule has 4 rings (SSSR count). The van der Waals surface area contributed by atoms with Crippen molar-refractivity contribution in [1.29, 1.82) is 0 Å². The van der Waals surface area contributed by atoms with Crippen molar-refractivity contribution < 1.29 is 9.63 Å². The van der Waals surface area contributed by atoms with Crippen LogP contribution in [-0.2, 0) is 6.42 Å². The van der Waals surface area contributed by atoms with E-state index in [1.54, 1.807) is 19.2 Å². The molecule has 0 aliphatic carbocycles. The molecule has 1 aliphatic heterocycles. The van der Waals surface area contributed by atoms with E-state index >= 15 is 0 Å². The third-order valence-electron chi connectivity index (χ3n) is 5.01. The van der Waals surface area contributed by atoms with Gasteiger partial charge in [-0.1, -0.05) is 11.6 Å². The summed E-state index contributed by atoms with van der Waals surface area (Å²) in [5.74, 6) is 1.33. The number of phenolic OH excluding ortho intramolecular Hbond substituents is 1. The molecule has 140 valence electrons. The second kappa shape index (κ2) is 7.88. The molecule has 1 aliphatic rings. The quantitative estimate of drug-likeness (QED) is 0.715. The van der Waals surface area contributed by atoms with Crippen molar-refractivity contribution in [3.8, 4) is 28.5 Å². The Labute approximate surface area is 158 Å². The van der Waals surface area contributed by atoms with Gasteiger partial charge in [0, 0.05) is 17.8 Å². The van der Waals surface area contributed by atoms with Crippen LogP contribution < -0.4 is 5.32 Å². The Bertz CT molecular complexity index is 899. The summed E-state index contributed by atoms with van der Waals surface area (Å²) in [4.78, 5) is 8.73. The van der Waals surface area contributed by atoms with Crippen molar-refractivity contribution in [2.45, 2.75) is 45.1 Å². The summed E-state index contributed by atoms with van der Waals surface area (Å²) in [6.45, 7) is 2.90. The van der Waals surface area contributed by atoms with Crippen molar-refractivity contribution in [2.75, 3.05) is 6.54 Å². The molecular formula is C21H24N4O2. The van der Waals surface area contributed by atoms with Crippen LogP contribution in [0, 0.1) is 6.92 Å². The number of benzene rings is 1. The highest BCUT2D eigenvalue weighted by Gasteiger charge is 2.13. The summed E-state index contributed by atoms with van der Waals surface area (Å²) in [7, 11) is 0. The molecule has 0 spiro atoms. The van der Waals surface area contributed by atoms with Gasteiger partial charge in [-0.05, 0) is 75.0 Å². The third-order valence-corrected chi connectivity index (χ3v) is 5.01. The Morgan fingerprint density at radius 3 is 2.81 bits per heavy atom. The van der Waals surface area contributed by atoms with Gasteiger partial charge >= 0.3 is 0 Å². The normalized spacial score (nSPS) is 17.1. The van der Waals surface area contributed by atoms with Crippen molar-refractivity contribution in [2.24, 2.45) is 0 Å². The van der Waals surface area contributed by atoms with Gasteiger partial charge in [0.05, 0.1) is 11.3 Å². The minimum absolute atomic E-state index is 0.275. The van der Waals surface area contributed by atoms with E-state index in [1.165, 1.54) is 19.3 Å². The molecule has 1 saturated heterocycles. The van der Waals surface area contributed by atoms with Gasteiger partial charge in [0.1, 0.15) is 5.75 Å². The summed E-state index contributed by atoms with van der Waals surface area (Å²) < 4.78 is 5.18. The lowest BCUT2D eigenvalue weighted by atomic mass is 9.96. The van der Waals surface area contributed by atoms with Gasteiger partial charge in [-0.2, -0.15) is 4.98 Å². The van der Waals surface area contributed by atoms with E-state index in [1.807, 2.05) is 18.2 Å². The number of phenols is 1. The Kier molecular flexibility index (Phi) is 5.16. The highest BCUT2D eigenvalue weighted by Crippen LogP contribution is 2.27. The van der Waals surface area contributed by atoms with Gasteiger partial charge in [0.15, 0.2) is 5.82 Å². The number of aromatic nitrogens is 3. The average Bonchev–Trinajstić information content (AvgIpc) is 3.13. The number of hydrogen-bond acceptors (Lipinski definition) is 6. The molecular weight excluding hydrogens is 340 g/mol. The Hall–Kier alpha value is -2.73. The van der Waals surface area contributed by atoms with Crippen LogP contribution in [0.15, 0.2) is 41.1 Å². The van der Waals surface area contributed by atoms with E-state index in [2.05, 4.69) is 26.5 Å². The maximum Gasteiger partial charge on any atom is 0.259 e. The highest BCUT2D eigenvalue weighted by atomic mass is 16.5. The zero-order valence-corrected chi connectivity index (χ0v) is 15.5. The number of pyridine rings is 1. The fraction of sp³-hybridized carbons (Fsp3) is 0.381. The van der Waals surface area contributed by atoms with Crippen LogP contribution in [0.4, 0.5) is 0 Å². The van der Waals surface area contributed by atoms with E-state index < -0.39 is 0 Å². The summed E-state index contributed by atoms with van der Waals surface area (Å²) in [5.41, 5.74) is 3.64. The van der Waals surface area contributed by atoms with Gasteiger partial charge in [-0.3, -0.25) is 4.98 Å². The predicted molar refractivity (Wildman–Crippen MR) is 103 cm³/mol. The minimum atomic E-state index is 0.275. The molecule has 2 aromatic heterocycles. The van der Waals surface area contributed by atoms with Crippen molar-refractivity contribution in [3.05, 3.63) is 47.9 Å². The number of piperidine rings is 1. The monoisotopic (exact) mass is 364 g/mol. The van der Waals surface area contributed by atoms with E-state index in [0.717, 1.165) is 41.8 Å². The minimum Gasteiger partial charge on any atom is -0.508 e. The molecule has 2 N–H and O–H groups in total. The number of nitrogens with one attached hydrogen (secondary N) is 1. The largest absolute Gasteiger partial charge is 0.508 e. The standard InChI is InChI=1S/C21H24N4O2/c1-14-24-21(27-25-14)16-6-8-20(23-13-16)17-10-15(11-19(26)12-17)5-7-18-4-2-3-9-22-18/h6,8,10-13,18,22,26H,2-5,7,9H2,1H3/t18-/m1/s1. The van der Waals surface area contributed by atoms with Gasteiger partial charge in [-0.15, -0.1) is 0 Å². The lowest BCUT2D eigenvalue weighted by Gasteiger charge is -2.23. The van der Waals surface area contributed by atoms with E-state index in [4.69, 9.17) is 4.52 Å². The van der Waals surface area contributed by atoms with E-state index in [9.17, 15) is 5.11 Å². The first-order chi connectivity index (χ1) is 13.2. The average molecular weight is 364 g/mol. The zero-order valence-electron chi connectivity index (χ0n) is 15.5. The summed E-state index contributed by atoms with van der Waals surface area (Å²) in [6, 6.07) is 10.1. The van der Waals surface area contributed by atoms with Crippen LogP contribution in [0.3, 0.4) is 0 Å². The molecule has 1 fully saturated rings. The Balaban J connectivity index is 1.50. The lowest BCUT2D eigenvalue weighted by molar-refractivity contribution is 0.382. The molecule has 0 bridgehead atoms. The molecule has 3 aromatic rings. The van der Waals surface area contributed by atoms with Crippen LogP contribution in [0.1, 0.15) is 37.1 Å². The second-order valence-corrected chi connectivity index (χ2v) is 7.15. The number of aryl methyl sites for hydroxylation is 2. The molecule has 1 aromatic carbocycles. The molecule has 0 amide bonds. The van der Waals surface area contributed by atoms with Crippen molar-refractivity contribution >= 4 is 0 Å². The summed E-state index contributed by atoms with van der Waals surface area (Å²) in [6.07, 6.45) is 7.57. The number of aromatic hydroxyl groups is 1. The van der Waals surface area contributed by atoms with Crippen molar-refractivity contribution in [3.63, 3.8) is 0 Å². The second-order valence-electron chi connectivity index (χ2n) is 7.15. The maximum atomic E-state index is 10.2. The molecule has 6 nitrogen and oxygen atoms in total. The van der Waals surface area contributed by atoms with Gasteiger partial charge in [0.25, 0.3) is 5.89 Å². The van der Waals surface area contributed by atoms with Gasteiger partial charge in [0.2, 0.25) is 0 Å². The van der Waals surface area contributed by atoms with Crippen LogP contribution in [0.5, 0.6) is 5.75 Å².